The fraction of sp³-hybridized carbons (Fsp3) is 0.333. The average Bonchev–Trinajstić information content (AvgIpc) is 2.60. The lowest BCUT2D eigenvalue weighted by atomic mass is 10.4. The van der Waals surface area contributed by atoms with Crippen LogP contribution < -0.4 is 5.56 Å². The second-order valence-corrected chi connectivity index (χ2v) is 3.29. The molecule has 2 aromatic heterocycles. The molecule has 0 saturated heterocycles. The highest BCUT2D eigenvalue weighted by atomic mass is 16.5. The Morgan fingerprint density at radius 3 is 3.00 bits per heavy atom. The van der Waals surface area contributed by atoms with Crippen molar-refractivity contribution in [2.24, 2.45) is 0 Å². The minimum absolute atomic E-state index is 0.0155. The smallest absolute Gasteiger partial charge is 0.313 e. The normalized spacial score (nSPS) is 10.6. The second-order valence-electron chi connectivity index (χ2n) is 3.29. The number of rotatable bonds is 2. The van der Waals surface area contributed by atoms with Crippen LogP contribution in [0.1, 0.15) is 11.5 Å². The van der Waals surface area contributed by atoms with Crippen molar-refractivity contribution >= 4 is 11.7 Å². The van der Waals surface area contributed by atoms with Crippen LogP contribution in [0.4, 0.5) is 0 Å². The molecule has 16 heavy (non-hydrogen) atoms. The van der Waals surface area contributed by atoms with Crippen LogP contribution in [0.5, 0.6) is 0 Å². The number of hydrogen-bond acceptors (Lipinski definition) is 5. The Balaban J connectivity index is 2.48. The molecule has 1 N–H and O–H groups in total. The molecule has 2 heterocycles. The van der Waals surface area contributed by atoms with E-state index in [1.165, 1.54) is 17.7 Å². The van der Waals surface area contributed by atoms with Crippen LogP contribution in [0.25, 0.3) is 5.78 Å². The molecule has 7 nitrogen and oxygen atoms in total. The maximum atomic E-state index is 11.5. The maximum absolute atomic E-state index is 11.5. The van der Waals surface area contributed by atoms with E-state index < -0.39 is 5.97 Å². The van der Waals surface area contributed by atoms with Crippen molar-refractivity contribution in [3.63, 3.8) is 0 Å². The monoisotopic (exact) mass is 222 g/mol. The predicted octanol–water partition coefficient (Wildman–Crippen LogP) is -0.558. The first kappa shape index (κ1) is 10.3. The van der Waals surface area contributed by atoms with E-state index in [0.717, 1.165) is 0 Å². The molecule has 2 rings (SSSR count). The summed E-state index contributed by atoms with van der Waals surface area (Å²) in [4.78, 5) is 30.6. The fourth-order valence-electron chi connectivity index (χ4n) is 1.32. The van der Waals surface area contributed by atoms with Gasteiger partial charge in [0.05, 0.1) is 7.11 Å². The van der Waals surface area contributed by atoms with E-state index >= 15 is 0 Å². The van der Waals surface area contributed by atoms with Gasteiger partial charge in [-0.15, -0.1) is 0 Å². The quantitative estimate of drug-likeness (QED) is 0.688. The van der Waals surface area contributed by atoms with Crippen LogP contribution in [0.15, 0.2) is 10.9 Å². The minimum atomic E-state index is -0.427. The van der Waals surface area contributed by atoms with Crippen LogP contribution in [-0.4, -0.2) is 32.7 Å². The molecular formula is C9H10N4O3. The maximum Gasteiger partial charge on any atom is 0.313 e. The third-order valence-electron chi connectivity index (χ3n) is 2.04. The molecule has 0 spiro atoms. The van der Waals surface area contributed by atoms with E-state index in [0.29, 0.717) is 11.5 Å². The highest BCUT2D eigenvalue weighted by molar-refractivity contribution is 5.71. The first-order valence-electron chi connectivity index (χ1n) is 4.62. The number of fused-ring (bicyclic) bond motifs is 1. The third-order valence-corrected chi connectivity index (χ3v) is 2.04. The number of H-pyrrole nitrogens is 1. The first-order valence-corrected chi connectivity index (χ1v) is 4.62. The van der Waals surface area contributed by atoms with Gasteiger partial charge in [0.15, 0.2) is 0 Å². The van der Waals surface area contributed by atoms with Gasteiger partial charge in [-0.2, -0.15) is 9.50 Å². The van der Waals surface area contributed by atoms with Gasteiger partial charge in [0.2, 0.25) is 0 Å². The highest BCUT2D eigenvalue weighted by Crippen LogP contribution is 1.98. The van der Waals surface area contributed by atoms with Gasteiger partial charge in [-0.1, -0.05) is 0 Å². The molecule has 0 aliphatic heterocycles. The minimum Gasteiger partial charge on any atom is -0.469 e. The van der Waals surface area contributed by atoms with E-state index in [2.05, 4.69) is 19.8 Å². The summed E-state index contributed by atoms with van der Waals surface area (Å²) in [6, 6.07) is 1.38. The van der Waals surface area contributed by atoms with Gasteiger partial charge in [-0.05, 0) is 6.92 Å². The number of methoxy groups -OCH3 is 1. The summed E-state index contributed by atoms with van der Waals surface area (Å²) < 4.78 is 5.68. The molecular weight excluding hydrogens is 212 g/mol. The molecule has 0 saturated carbocycles. The predicted molar refractivity (Wildman–Crippen MR) is 54.1 cm³/mol. The summed E-state index contributed by atoms with van der Waals surface area (Å²) in [5, 5.41) is 2.69. The summed E-state index contributed by atoms with van der Waals surface area (Å²) >= 11 is 0. The molecule has 0 amide bonds. The third kappa shape index (κ3) is 1.79. The molecule has 0 aliphatic carbocycles. The zero-order chi connectivity index (χ0) is 11.7. The van der Waals surface area contributed by atoms with Crippen molar-refractivity contribution in [3.8, 4) is 0 Å². The number of aromatic amines is 1. The van der Waals surface area contributed by atoms with E-state index in [-0.39, 0.29) is 17.8 Å². The summed E-state index contributed by atoms with van der Waals surface area (Å²) in [6.45, 7) is 1.70. The summed E-state index contributed by atoms with van der Waals surface area (Å²) in [7, 11) is 1.29. The number of esters is 1. The van der Waals surface area contributed by atoms with Gasteiger partial charge in [0.25, 0.3) is 11.3 Å². The number of carbonyl (C=O) groups excluding carboxylic acids is 1. The van der Waals surface area contributed by atoms with Gasteiger partial charge >= 0.3 is 5.97 Å². The van der Waals surface area contributed by atoms with E-state index in [1.807, 2.05) is 0 Å². The first-order chi connectivity index (χ1) is 7.60. The van der Waals surface area contributed by atoms with Crippen molar-refractivity contribution in [1.29, 1.82) is 0 Å². The Morgan fingerprint density at radius 2 is 2.31 bits per heavy atom. The lowest BCUT2D eigenvalue weighted by molar-refractivity contribution is -0.139. The molecule has 0 bridgehead atoms. The Kier molecular flexibility index (Phi) is 2.43. The van der Waals surface area contributed by atoms with E-state index in [1.54, 1.807) is 6.92 Å². The molecule has 0 aromatic carbocycles. The van der Waals surface area contributed by atoms with Gasteiger partial charge in [0, 0.05) is 11.8 Å². The zero-order valence-electron chi connectivity index (χ0n) is 8.85. The summed E-state index contributed by atoms with van der Waals surface area (Å²) in [5.74, 6) is 0.176. The van der Waals surface area contributed by atoms with Crippen LogP contribution in [-0.2, 0) is 16.0 Å². The topological polar surface area (TPSA) is 89.3 Å². The molecule has 0 unspecified atom stereocenters. The molecule has 0 fully saturated rings. The molecule has 7 heteroatoms. The van der Waals surface area contributed by atoms with Gasteiger partial charge in [-0.25, -0.2) is 4.98 Å². The van der Waals surface area contributed by atoms with Crippen molar-refractivity contribution in [2.45, 2.75) is 13.3 Å². The van der Waals surface area contributed by atoms with Crippen LogP contribution in [0.2, 0.25) is 0 Å². The van der Waals surface area contributed by atoms with Crippen molar-refractivity contribution in [1.82, 2.24) is 19.6 Å². The van der Waals surface area contributed by atoms with Crippen molar-refractivity contribution in [3.05, 3.63) is 27.9 Å². The summed E-state index contributed by atoms with van der Waals surface area (Å²) in [6.07, 6.45) is -0.0155. The van der Waals surface area contributed by atoms with Crippen molar-refractivity contribution in [2.75, 3.05) is 7.11 Å². The number of nitrogens with zero attached hydrogens (tertiary/aromatic N) is 3. The van der Waals surface area contributed by atoms with Gasteiger partial charge in [-0.3, -0.25) is 14.7 Å². The number of hydrogen-bond donors (Lipinski definition) is 1. The molecule has 0 radical (unpaired) electrons. The van der Waals surface area contributed by atoms with Crippen LogP contribution in [0, 0.1) is 6.92 Å². The lowest BCUT2D eigenvalue weighted by Gasteiger charge is -1.93. The fourth-order valence-corrected chi connectivity index (χ4v) is 1.32. The zero-order valence-corrected chi connectivity index (χ0v) is 8.85. The number of ether oxygens (including phenoxy) is 1. The standard InChI is InChI=1S/C9H10N4O3/c1-5-3-7(14)13-9(10-5)11-6(12-13)4-8(15)16-2/h3H,4H2,1-2H3,(H,10,11,12). The van der Waals surface area contributed by atoms with Crippen molar-refractivity contribution < 1.29 is 9.53 Å². The summed E-state index contributed by atoms with van der Waals surface area (Å²) in [5.41, 5.74) is 0.326. The number of nitrogens with one attached hydrogen (secondary N) is 1. The molecule has 0 aliphatic rings. The second kappa shape index (κ2) is 3.76. The number of carbonyl (C=O) groups is 1. The molecule has 84 valence electrons. The van der Waals surface area contributed by atoms with Crippen LogP contribution in [0.3, 0.4) is 0 Å². The average molecular weight is 222 g/mol. The Morgan fingerprint density at radius 1 is 1.56 bits per heavy atom. The molecule has 0 atom stereocenters. The number of aryl methyl sites for hydroxylation is 1. The van der Waals surface area contributed by atoms with Gasteiger partial charge < -0.3 is 4.74 Å². The van der Waals surface area contributed by atoms with Gasteiger partial charge in [0.1, 0.15) is 12.2 Å². The Hall–Kier alpha value is -2.18. The Labute approximate surface area is 90.1 Å². The van der Waals surface area contributed by atoms with Crippen LogP contribution >= 0.6 is 0 Å². The SMILES string of the molecule is COC(=O)Cc1nc2nc(C)cc(=O)n2[nH]1. The largest absolute Gasteiger partial charge is 0.469 e. The Bertz CT molecular complexity index is 598. The highest BCUT2D eigenvalue weighted by Gasteiger charge is 2.10. The number of aromatic nitrogens is 4. The van der Waals surface area contributed by atoms with E-state index in [9.17, 15) is 9.59 Å². The molecule has 2 aromatic rings. The van der Waals surface area contributed by atoms with E-state index in [4.69, 9.17) is 0 Å². The lowest BCUT2D eigenvalue weighted by Crippen LogP contribution is -2.15.